The second-order valence-corrected chi connectivity index (χ2v) is 7.64. The molecule has 1 amide bonds. The van der Waals surface area contributed by atoms with E-state index in [2.05, 4.69) is 10.3 Å². The molecule has 0 aliphatic heterocycles. The lowest BCUT2D eigenvalue weighted by Gasteiger charge is -2.07. The lowest BCUT2D eigenvalue weighted by Crippen LogP contribution is -2.14. The Morgan fingerprint density at radius 3 is 2.68 bits per heavy atom. The summed E-state index contributed by atoms with van der Waals surface area (Å²) in [5.41, 5.74) is -0.261. The molecule has 6 nitrogen and oxygen atoms in total. The first kappa shape index (κ1) is 18.3. The third-order valence-corrected chi connectivity index (χ3v) is 5.79. The molecule has 0 bridgehead atoms. The normalized spacial score (nSPS) is 11.1. The molecule has 0 aliphatic rings. The molecule has 3 heterocycles. The van der Waals surface area contributed by atoms with Crippen molar-refractivity contribution in [3.8, 4) is 11.1 Å². The number of nitrogens with one attached hydrogen (secondary N) is 1. The summed E-state index contributed by atoms with van der Waals surface area (Å²) in [6.07, 6.45) is 3.26. The number of fused-ring (bicyclic) bond motifs is 1. The number of carboxylic acids is 1. The molecule has 142 valence electrons. The van der Waals surface area contributed by atoms with E-state index in [0.717, 1.165) is 11.3 Å². The van der Waals surface area contributed by atoms with Crippen molar-refractivity contribution in [3.05, 3.63) is 63.7 Å². The number of thiazole rings is 1. The maximum atomic E-state index is 14.3. The van der Waals surface area contributed by atoms with Crippen LogP contribution < -0.4 is 5.32 Å². The maximum Gasteiger partial charge on any atom is 0.339 e. The van der Waals surface area contributed by atoms with Crippen LogP contribution in [0.1, 0.15) is 26.4 Å². The molecule has 0 saturated heterocycles. The molecular formula is C18H11F2N3O3S2. The number of hydrogen-bond acceptors (Lipinski definition) is 5. The fourth-order valence-corrected chi connectivity index (χ4v) is 4.37. The van der Waals surface area contributed by atoms with Crippen molar-refractivity contribution >= 4 is 44.5 Å². The summed E-state index contributed by atoms with van der Waals surface area (Å²) in [7, 11) is 0. The first-order chi connectivity index (χ1) is 13.4. The Morgan fingerprint density at radius 2 is 1.96 bits per heavy atom. The van der Waals surface area contributed by atoms with Gasteiger partial charge in [0.25, 0.3) is 5.91 Å². The van der Waals surface area contributed by atoms with Gasteiger partial charge in [0.1, 0.15) is 16.3 Å². The molecule has 0 aliphatic carbocycles. The Hall–Kier alpha value is -3.11. The molecular weight excluding hydrogens is 408 g/mol. The molecule has 4 aromatic rings. The molecule has 0 unspecified atom stereocenters. The zero-order valence-electron chi connectivity index (χ0n) is 14.2. The highest BCUT2D eigenvalue weighted by molar-refractivity contribution is 7.15. The number of imidazole rings is 1. The molecule has 0 saturated carbocycles. The minimum absolute atomic E-state index is 0.00461. The van der Waals surface area contributed by atoms with E-state index in [1.807, 2.05) is 5.38 Å². The molecule has 0 atom stereocenters. The van der Waals surface area contributed by atoms with Crippen molar-refractivity contribution in [2.75, 3.05) is 5.32 Å². The summed E-state index contributed by atoms with van der Waals surface area (Å²) in [6, 6.07) is 2.68. The topological polar surface area (TPSA) is 83.7 Å². The van der Waals surface area contributed by atoms with E-state index in [1.165, 1.54) is 42.0 Å². The van der Waals surface area contributed by atoms with E-state index in [9.17, 15) is 23.5 Å². The molecule has 0 fully saturated rings. The van der Waals surface area contributed by atoms with Crippen LogP contribution in [-0.2, 0) is 0 Å². The first-order valence-electron chi connectivity index (χ1n) is 7.90. The third kappa shape index (κ3) is 2.96. The molecule has 10 heteroatoms. The highest BCUT2D eigenvalue weighted by Crippen LogP contribution is 2.38. The third-order valence-electron chi connectivity index (χ3n) is 4.12. The molecule has 4 rings (SSSR count). The minimum Gasteiger partial charge on any atom is -0.478 e. The first-order valence-corrected chi connectivity index (χ1v) is 9.66. The number of aromatic nitrogens is 2. The van der Waals surface area contributed by atoms with Gasteiger partial charge in [-0.3, -0.25) is 9.20 Å². The molecule has 28 heavy (non-hydrogen) atoms. The van der Waals surface area contributed by atoms with Crippen molar-refractivity contribution in [2.45, 2.75) is 6.92 Å². The zero-order valence-corrected chi connectivity index (χ0v) is 15.8. The van der Waals surface area contributed by atoms with Crippen molar-refractivity contribution in [1.82, 2.24) is 9.38 Å². The van der Waals surface area contributed by atoms with Crippen molar-refractivity contribution in [1.29, 1.82) is 0 Å². The van der Waals surface area contributed by atoms with Gasteiger partial charge in [0.05, 0.1) is 0 Å². The summed E-state index contributed by atoms with van der Waals surface area (Å²) < 4.78 is 29.9. The highest BCUT2D eigenvalue weighted by Gasteiger charge is 2.25. The molecule has 0 radical (unpaired) electrons. The van der Waals surface area contributed by atoms with Crippen LogP contribution in [-0.4, -0.2) is 26.4 Å². The second-order valence-electron chi connectivity index (χ2n) is 5.89. The smallest absolute Gasteiger partial charge is 0.339 e. The van der Waals surface area contributed by atoms with E-state index >= 15 is 0 Å². The Labute approximate surface area is 164 Å². The van der Waals surface area contributed by atoms with Crippen LogP contribution in [0.25, 0.3) is 16.1 Å². The number of anilines is 1. The van der Waals surface area contributed by atoms with Crippen LogP contribution >= 0.6 is 22.7 Å². The zero-order chi connectivity index (χ0) is 20.0. The fraction of sp³-hybridized carbons (Fsp3) is 0.0556. The van der Waals surface area contributed by atoms with Crippen molar-refractivity contribution in [2.24, 2.45) is 0 Å². The number of halogens is 2. The Kier molecular flexibility index (Phi) is 4.44. The number of rotatable bonds is 4. The van der Waals surface area contributed by atoms with Gasteiger partial charge in [-0.05, 0) is 12.5 Å². The second kappa shape index (κ2) is 6.80. The number of amides is 1. The van der Waals surface area contributed by atoms with Crippen LogP contribution in [0, 0.1) is 18.6 Å². The van der Waals surface area contributed by atoms with E-state index < -0.39 is 23.5 Å². The number of carbonyl (C=O) groups excluding carboxylic acids is 1. The summed E-state index contributed by atoms with van der Waals surface area (Å²) >= 11 is 2.26. The fourth-order valence-electron chi connectivity index (χ4n) is 2.72. The number of hydrogen-bond donors (Lipinski definition) is 2. The van der Waals surface area contributed by atoms with Crippen molar-refractivity contribution in [3.63, 3.8) is 0 Å². The van der Waals surface area contributed by atoms with Gasteiger partial charge in [0.15, 0.2) is 16.6 Å². The molecule has 0 spiro atoms. The molecule has 3 aromatic heterocycles. The van der Waals surface area contributed by atoms with Crippen LogP contribution in [0.3, 0.4) is 0 Å². The van der Waals surface area contributed by atoms with E-state index in [4.69, 9.17) is 0 Å². The number of aromatic carboxylic acids is 1. The predicted molar refractivity (Wildman–Crippen MR) is 102 cm³/mol. The number of carboxylic acid groups (broad SMARTS) is 1. The average molecular weight is 419 g/mol. The van der Waals surface area contributed by atoms with Gasteiger partial charge in [-0.1, -0.05) is 12.1 Å². The van der Waals surface area contributed by atoms with Crippen LogP contribution in [0.2, 0.25) is 0 Å². The average Bonchev–Trinajstić information content (AvgIpc) is 3.34. The summed E-state index contributed by atoms with van der Waals surface area (Å²) in [5, 5.41) is 15.3. The van der Waals surface area contributed by atoms with Crippen LogP contribution in [0.4, 0.5) is 13.8 Å². The molecule has 1 aromatic carbocycles. The summed E-state index contributed by atoms with van der Waals surface area (Å²) in [6.45, 7) is 1.41. The van der Waals surface area contributed by atoms with Gasteiger partial charge in [-0.15, -0.1) is 22.7 Å². The highest BCUT2D eigenvalue weighted by atomic mass is 32.1. The summed E-state index contributed by atoms with van der Waals surface area (Å²) in [5.74, 6) is -4.13. The number of nitrogens with zero attached hydrogens (tertiary/aromatic N) is 2. The van der Waals surface area contributed by atoms with E-state index in [0.29, 0.717) is 4.96 Å². The number of aryl methyl sites for hydroxylation is 1. The lowest BCUT2D eigenvalue weighted by atomic mass is 10.0. The van der Waals surface area contributed by atoms with Gasteiger partial charge in [-0.25, -0.2) is 18.6 Å². The van der Waals surface area contributed by atoms with Crippen LogP contribution in [0.5, 0.6) is 0 Å². The van der Waals surface area contributed by atoms with Gasteiger partial charge >= 0.3 is 5.97 Å². The number of carbonyl (C=O) groups is 2. The van der Waals surface area contributed by atoms with Crippen LogP contribution in [0.15, 0.2) is 35.3 Å². The SMILES string of the molecule is Cc1ccc(-c2csc(NC(=O)c3cn4ccsc4n3)c2C(=O)O)c(F)c1F. The standard InChI is InChI=1S/C18H11F2N3O3S2/c1-8-2-3-9(14(20)13(8)19)10-7-28-16(12(10)17(25)26)22-15(24)11-6-23-4-5-27-18(23)21-11/h2-7H,1H3,(H,22,24)(H,25,26). The monoisotopic (exact) mass is 419 g/mol. The van der Waals surface area contributed by atoms with E-state index in [1.54, 1.807) is 10.6 Å². The minimum atomic E-state index is -1.36. The van der Waals surface area contributed by atoms with Gasteiger partial charge < -0.3 is 10.4 Å². The quantitative estimate of drug-likeness (QED) is 0.504. The Balaban J connectivity index is 1.73. The maximum absolute atomic E-state index is 14.3. The largest absolute Gasteiger partial charge is 0.478 e. The van der Waals surface area contributed by atoms with Gasteiger partial charge in [0, 0.05) is 34.3 Å². The summed E-state index contributed by atoms with van der Waals surface area (Å²) in [4.78, 5) is 29.0. The van der Waals surface area contributed by atoms with E-state index in [-0.39, 0.29) is 32.9 Å². The Bertz CT molecular complexity index is 1210. The van der Waals surface area contributed by atoms with Gasteiger partial charge in [0.2, 0.25) is 0 Å². The van der Waals surface area contributed by atoms with Gasteiger partial charge in [-0.2, -0.15) is 0 Å². The van der Waals surface area contributed by atoms with Crippen molar-refractivity contribution < 1.29 is 23.5 Å². The molecule has 2 N–H and O–H groups in total. The lowest BCUT2D eigenvalue weighted by molar-refractivity contribution is 0.0699. The number of thiophene rings is 1. The Morgan fingerprint density at radius 1 is 1.18 bits per heavy atom. The number of benzene rings is 1. The predicted octanol–water partition coefficient (Wildman–Crippen LogP) is 4.66.